The first-order chi connectivity index (χ1) is 6.22. The van der Waals surface area contributed by atoms with Gasteiger partial charge in [-0.1, -0.05) is 0 Å². The molecule has 0 bridgehead atoms. The fourth-order valence-electron chi connectivity index (χ4n) is 0.595. The summed E-state index contributed by atoms with van der Waals surface area (Å²) >= 11 is 0. The highest BCUT2D eigenvalue weighted by Crippen LogP contribution is 2.22. The smallest absolute Gasteiger partial charge is 0.280 e. The molecule has 80 valence electrons. The average molecular weight is 230 g/mol. The van der Waals surface area contributed by atoms with Crippen LogP contribution in [-0.4, -0.2) is 23.6 Å². The number of halogens is 3. The topological polar surface area (TPSA) is 61.2 Å². The monoisotopic (exact) mass is 230 g/mol. The Morgan fingerprint density at radius 1 is 1.50 bits per heavy atom. The van der Waals surface area contributed by atoms with Gasteiger partial charge in [0.2, 0.25) is 0 Å². The Bertz CT molecular complexity index is 422. The summed E-state index contributed by atoms with van der Waals surface area (Å²) in [4.78, 5) is 3.49. The summed E-state index contributed by atoms with van der Waals surface area (Å²) in [7, 11) is -5.61. The lowest BCUT2D eigenvalue weighted by molar-refractivity contribution is -0.0547. The van der Waals surface area contributed by atoms with E-state index in [4.69, 9.17) is 0 Å². The zero-order chi connectivity index (χ0) is 11.0. The largest absolute Gasteiger partial charge is 0.536 e. The molecule has 9 heteroatoms. The number of aromatic nitrogens is 2. The molecule has 0 aliphatic rings. The van der Waals surface area contributed by atoms with Crippen LogP contribution in [-0.2, 0) is 10.1 Å². The number of hydrogen-bond acceptors (Lipinski definition) is 4. The summed E-state index contributed by atoms with van der Waals surface area (Å²) < 4.78 is 60.3. The maximum atomic E-state index is 11.8. The van der Waals surface area contributed by atoms with Crippen LogP contribution >= 0.6 is 0 Å². The second kappa shape index (κ2) is 3.15. The molecule has 0 saturated heterocycles. The van der Waals surface area contributed by atoms with Gasteiger partial charge in [-0.15, -0.1) is 0 Å². The van der Waals surface area contributed by atoms with E-state index in [0.29, 0.717) is 10.4 Å². The first-order valence-corrected chi connectivity index (χ1v) is 4.65. The third-order valence-electron chi connectivity index (χ3n) is 1.16. The van der Waals surface area contributed by atoms with Gasteiger partial charge in [0.1, 0.15) is 6.33 Å². The van der Waals surface area contributed by atoms with Crippen molar-refractivity contribution in [2.45, 2.75) is 12.4 Å². The van der Waals surface area contributed by atoms with E-state index in [9.17, 15) is 21.6 Å². The Hall–Kier alpha value is -1.25. The number of nitrogens with zero attached hydrogens (tertiary/aromatic N) is 2. The minimum absolute atomic E-state index is 0.336. The molecular formula is C5H5F3N2O3S. The van der Waals surface area contributed by atoms with E-state index >= 15 is 0 Å². The van der Waals surface area contributed by atoms with Crippen LogP contribution in [0.2, 0.25) is 0 Å². The molecule has 0 amide bonds. The average Bonchev–Trinajstić information content (AvgIpc) is 2.31. The van der Waals surface area contributed by atoms with Crippen molar-refractivity contribution >= 4 is 10.1 Å². The van der Waals surface area contributed by atoms with Crippen LogP contribution in [0, 0.1) is 6.92 Å². The molecule has 0 spiro atoms. The summed E-state index contributed by atoms with van der Waals surface area (Å²) in [5, 5.41) is 0. The molecule has 0 radical (unpaired) electrons. The first kappa shape index (κ1) is 10.8. The highest BCUT2D eigenvalue weighted by atomic mass is 32.2. The van der Waals surface area contributed by atoms with Crippen LogP contribution in [0.3, 0.4) is 0 Å². The summed E-state index contributed by atoms with van der Waals surface area (Å²) in [5.74, 6) is 0. The molecule has 0 N–H and O–H groups in total. The van der Waals surface area contributed by atoms with Crippen molar-refractivity contribution in [1.82, 2.24) is 9.71 Å². The van der Waals surface area contributed by atoms with Crippen LogP contribution < -0.4 is 4.28 Å². The number of imidazole rings is 1. The minimum atomic E-state index is -5.61. The lowest BCUT2D eigenvalue weighted by atomic mass is 10.6. The molecule has 1 heterocycles. The Kier molecular flexibility index (Phi) is 2.44. The van der Waals surface area contributed by atoms with Crippen molar-refractivity contribution in [1.29, 1.82) is 0 Å². The molecule has 1 aromatic rings. The van der Waals surface area contributed by atoms with Crippen LogP contribution in [0.1, 0.15) is 5.69 Å². The van der Waals surface area contributed by atoms with Gasteiger partial charge in [0.15, 0.2) is 0 Å². The maximum absolute atomic E-state index is 11.8. The third-order valence-corrected chi connectivity index (χ3v) is 2.09. The van der Waals surface area contributed by atoms with Crippen molar-refractivity contribution in [3.05, 3.63) is 18.2 Å². The van der Waals surface area contributed by atoms with E-state index in [1.54, 1.807) is 0 Å². The molecule has 0 unspecified atom stereocenters. The Morgan fingerprint density at radius 3 is 2.43 bits per heavy atom. The second-order valence-corrected chi connectivity index (χ2v) is 3.87. The van der Waals surface area contributed by atoms with Gasteiger partial charge < -0.3 is 0 Å². The maximum Gasteiger partial charge on any atom is 0.536 e. The lowest BCUT2D eigenvalue weighted by Gasteiger charge is -2.07. The minimum Gasteiger partial charge on any atom is -0.280 e. The van der Waals surface area contributed by atoms with Gasteiger partial charge in [0.05, 0.1) is 11.9 Å². The van der Waals surface area contributed by atoms with Gasteiger partial charge in [0.25, 0.3) is 0 Å². The van der Waals surface area contributed by atoms with Crippen molar-refractivity contribution in [3.63, 3.8) is 0 Å². The molecule has 5 nitrogen and oxygen atoms in total. The molecule has 0 atom stereocenters. The van der Waals surface area contributed by atoms with Crippen molar-refractivity contribution in [2.75, 3.05) is 0 Å². The van der Waals surface area contributed by atoms with E-state index in [2.05, 4.69) is 9.27 Å². The first-order valence-electron chi connectivity index (χ1n) is 3.24. The van der Waals surface area contributed by atoms with Crippen LogP contribution in [0.5, 0.6) is 0 Å². The van der Waals surface area contributed by atoms with Crippen molar-refractivity contribution in [3.8, 4) is 0 Å². The van der Waals surface area contributed by atoms with E-state index in [1.807, 2.05) is 0 Å². The fourth-order valence-corrected chi connectivity index (χ4v) is 0.988. The van der Waals surface area contributed by atoms with Gasteiger partial charge >= 0.3 is 15.6 Å². The van der Waals surface area contributed by atoms with E-state index in [1.165, 1.54) is 6.92 Å². The Morgan fingerprint density at radius 2 is 2.07 bits per heavy atom. The second-order valence-electron chi connectivity index (χ2n) is 2.35. The highest BCUT2D eigenvalue weighted by molar-refractivity contribution is 7.87. The van der Waals surface area contributed by atoms with Gasteiger partial charge in [-0.25, -0.2) is 4.98 Å². The predicted octanol–water partition coefficient (Wildman–Crippen LogP) is 0.470. The van der Waals surface area contributed by atoms with Crippen LogP contribution in [0.4, 0.5) is 13.2 Å². The molecule has 1 aromatic heterocycles. The number of hydrogen-bond donors (Lipinski definition) is 0. The van der Waals surface area contributed by atoms with Crippen molar-refractivity contribution < 1.29 is 25.9 Å². The molecule has 0 fully saturated rings. The quantitative estimate of drug-likeness (QED) is 0.693. The molecule has 1 rings (SSSR count). The van der Waals surface area contributed by atoms with Gasteiger partial charge in [-0.2, -0.15) is 26.3 Å². The van der Waals surface area contributed by atoms with E-state index in [0.717, 1.165) is 12.5 Å². The zero-order valence-corrected chi connectivity index (χ0v) is 7.63. The van der Waals surface area contributed by atoms with E-state index in [-0.39, 0.29) is 0 Å². The molecular weight excluding hydrogens is 225 g/mol. The lowest BCUT2D eigenvalue weighted by Crippen LogP contribution is -2.32. The number of rotatable bonds is 2. The highest BCUT2D eigenvalue weighted by Gasteiger charge is 2.49. The molecule has 0 aliphatic heterocycles. The Balaban J connectivity index is 2.90. The van der Waals surface area contributed by atoms with Gasteiger partial charge in [-0.3, -0.25) is 4.28 Å². The van der Waals surface area contributed by atoms with Crippen molar-refractivity contribution in [2.24, 2.45) is 0 Å². The molecule has 0 saturated carbocycles. The van der Waals surface area contributed by atoms with E-state index < -0.39 is 15.6 Å². The number of alkyl halides is 3. The Labute approximate surface area is 77.2 Å². The number of aryl methyl sites for hydroxylation is 1. The SMILES string of the molecule is Cc1cn(OS(=O)(=O)C(F)(F)F)cn1. The predicted molar refractivity (Wildman–Crippen MR) is 38.5 cm³/mol. The zero-order valence-electron chi connectivity index (χ0n) is 6.82. The molecule has 0 aliphatic carbocycles. The van der Waals surface area contributed by atoms with Gasteiger partial charge in [-0.05, 0) is 6.92 Å². The fraction of sp³-hybridized carbons (Fsp3) is 0.400. The standard InChI is InChI=1S/C5H5F3N2O3S/c1-4-2-10(3-9-4)13-14(11,12)5(6,7)8/h2-3H,1H3. The normalized spacial score (nSPS) is 12.9. The summed E-state index contributed by atoms with van der Waals surface area (Å²) in [5.41, 5.74) is -5.10. The van der Waals surface area contributed by atoms with Crippen LogP contribution in [0.25, 0.3) is 0 Å². The molecule has 14 heavy (non-hydrogen) atoms. The summed E-state index contributed by atoms with van der Waals surface area (Å²) in [6, 6.07) is 0. The van der Waals surface area contributed by atoms with Crippen LogP contribution in [0.15, 0.2) is 12.5 Å². The molecule has 0 aromatic carbocycles. The van der Waals surface area contributed by atoms with Gasteiger partial charge in [0, 0.05) is 0 Å². The summed E-state index contributed by atoms with van der Waals surface area (Å²) in [6.07, 6.45) is 1.82. The summed E-state index contributed by atoms with van der Waals surface area (Å²) in [6.45, 7) is 1.47. The third kappa shape index (κ3) is 2.16.